The average Bonchev–Trinajstić information content (AvgIpc) is 2.69. The van der Waals surface area contributed by atoms with Gasteiger partial charge in [-0.05, 0) is 19.1 Å². The van der Waals surface area contributed by atoms with Crippen molar-refractivity contribution in [1.29, 1.82) is 0 Å². The van der Waals surface area contributed by atoms with Crippen molar-refractivity contribution in [3.63, 3.8) is 0 Å². The highest BCUT2D eigenvalue weighted by Crippen LogP contribution is 2.18. The maximum atomic E-state index is 10.7. The van der Waals surface area contributed by atoms with Crippen LogP contribution in [0.25, 0.3) is 16.6 Å². The van der Waals surface area contributed by atoms with Crippen molar-refractivity contribution in [1.82, 2.24) is 19.8 Å². The largest absolute Gasteiger partial charge is 0.296 e. The van der Waals surface area contributed by atoms with Gasteiger partial charge in [0.2, 0.25) is 0 Å². The number of aromatic nitrogens is 4. The summed E-state index contributed by atoms with van der Waals surface area (Å²) < 4.78 is 1.65. The lowest BCUT2D eigenvalue weighted by Gasteiger charge is -1.98. The lowest BCUT2D eigenvalue weighted by molar-refractivity contribution is 0.111. The Hall–Kier alpha value is -2.30. The van der Waals surface area contributed by atoms with Crippen LogP contribution in [0.2, 0.25) is 0 Å². The summed E-state index contributed by atoms with van der Waals surface area (Å²) in [6, 6.07) is 7.68. The molecule has 0 saturated heterocycles. The van der Waals surface area contributed by atoms with Crippen LogP contribution in [0.15, 0.2) is 24.3 Å². The summed E-state index contributed by atoms with van der Waals surface area (Å²) in [7, 11) is 0. The molecule has 5 nitrogen and oxygen atoms in total. The summed E-state index contributed by atoms with van der Waals surface area (Å²) in [5, 5.41) is 13.2. The lowest BCUT2D eigenvalue weighted by atomic mass is 10.2. The minimum atomic E-state index is 0.320. The summed E-state index contributed by atoms with van der Waals surface area (Å²) in [4.78, 5) is 10.7. The molecule has 5 heteroatoms. The standard InChI is InChI=1S/C11H8N4O/c1-7-10(6-16)12-13-11-8-4-2-3-5-9(8)14-15(7)11/h2-6H,1H3. The molecule has 0 radical (unpaired) electrons. The molecule has 0 spiro atoms. The monoisotopic (exact) mass is 212 g/mol. The first-order chi connectivity index (χ1) is 7.81. The van der Waals surface area contributed by atoms with Gasteiger partial charge in [0.15, 0.2) is 11.9 Å². The molecule has 3 rings (SSSR count). The van der Waals surface area contributed by atoms with Crippen LogP contribution < -0.4 is 0 Å². The SMILES string of the molecule is Cc1c(C=O)nnc2c3ccccc3nn12. The molecule has 0 unspecified atom stereocenters. The summed E-state index contributed by atoms with van der Waals surface area (Å²) in [6.07, 6.45) is 0.689. The Labute approximate surface area is 90.7 Å². The molecule has 0 aliphatic carbocycles. The van der Waals surface area contributed by atoms with Crippen LogP contribution in [0.3, 0.4) is 0 Å². The summed E-state index contributed by atoms with van der Waals surface area (Å²) in [5.41, 5.74) is 2.55. The van der Waals surface area contributed by atoms with E-state index in [1.807, 2.05) is 24.3 Å². The van der Waals surface area contributed by atoms with Crippen molar-refractivity contribution >= 4 is 22.8 Å². The predicted octanol–water partition coefficient (Wildman–Crippen LogP) is 1.40. The van der Waals surface area contributed by atoms with Crippen LogP contribution in [-0.4, -0.2) is 26.1 Å². The fourth-order valence-corrected chi connectivity index (χ4v) is 1.74. The van der Waals surface area contributed by atoms with Crippen molar-refractivity contribution in [2.75, 3.05) is 0 Å². The van der Waals surface area contributed by atoms with Crippen molar-refractivity contribution in [3.8, 4) is 0 Å². The van der Waals surface area contributed by atoms with Crippen molar-refractivity contribution in [3.05, 3.63) is 35.7 Å². The third kappa shape index (κ3) is 1.05. The number of nitrogens with zero attached hydrogens (tertiary/aromatic N) is 4. The summed E-state index contributed by atoms with van der Waals surface area (Å²) in [6.45, 7) is 1.80. The van der Waals surface area contributed by atoms with E-state index in [2.05, 4.69) is 15.3 Å². The molecule has 1 aromatic carbocycles. The smallest absolute Gasteiger partial charge is 0.185 e. The lowest BCUT2D eigenvalue weighted by Crippen LogP contribution is -2.04. The minimum Gasteiger partial charge on any atom is -0.296 e. The number of benzene rings is 1. The Bertz CT molecular complexity index is 702. The molecule has 0 bridgehead atoms. The van der Waals surface area contributed by atoms with Crippen molar-refractivity contribution in [2.45, 2.75) is 6.92 Å². The number of rotatable bonds is 1. The molecule has 0 saturated carbocycles. The maximum Gasteiger partial charge on any atom is 0.185 e. The normalized spacial score (nSPS) is 11.1. The quantitative estimate of drug-likeness (QED) is 0.572. The highest BCUT2D eigenvalue weighted by atomic mass is 16.1. The number of aryl methyl sites for hydroxylation is 1. The highest BCUT2D eigenvalue weighted by molar-refractivity contribution is 5.92. The molecule has 3 aromatic rings. The van der Waals surface area contributed by atoms with Gasteiger partial charge < -0.3 is 0 Å². The number of carbonyl (C=O) groups is 1. The van der Waals surface area contributed by atoms with Gasteiger partial charge in [-0.3, -0.25) is 4.79 Å². The first-order valence-corrected chi connectivity index (χ1v) is 4.87. The zero-order valence-corrected chi connectivity index (χ0v) is 8.58. The molecular weight excluding hydrogens is 204 g/mol. The predicted molar refractivity (Wildman–Crippen MR) is 58.4 cm³/mol. The van der Waals surface area contributed by atoms with E-state index in [-0.39, 0.29) is 0 Å². The minimum absolute atomic E-state index is 0.320. The number of hydrogen-bond acceptors (Lipinski definition) is 4. The van der Waals surface area contributed by atoms with E-state index < -0.39 is 0 Å². The van der Waals surface area contributed by atoms with Crippen molar-refractivity contribution < 1.29 is 4.79 Å². The first-order valence-electron chi connectivity index (χ1n) is 4.87. The number of carbonyl (C=O) groups excluding carboxylic acids is 1. The van der Waals surface area contributed by atoms with Crippen LogP contribution in [0, 0.1) is 6.92 Å². The molecule has 0 aliphatic rings. The Morgan fingerprint density at radius 1 is 1.25 bits per heavy atom. The fraction of sp³-hybridized carbons (Fsp3) is 0.0909. The number of hydrogen-bond donors (Lipinski definition) is 0. The first kappa shape index (κ1) is 8.96. The van der Waals surface area contributed by atoms with E-state index in [0.717, 1.165) is 10.9 Å². The van der Waals surface area contributed by atoms with Crippen LogP contribution in [0.4, 0.5) is 0 Å². The van der Waals surface area contributed by atoms with Gasteiger partial charge in [0, 0.05) is 5.39 Å². The van der Waals surface area contributed by atoms with E-state index in [1.54, 1.807) is 11.4 Å². The van der Waals surface area contributed by atoms with Crippen LogP contribution in [0.5, 0.6) is 0 Å². The molecule has 0 amide bonds. The Kier molecular flexibility index (Phi) is 1.73. The highest BCUT2D eigenvalue weighted by Gasteiger charge is 2.10. The number of aldehydes is 1. The molecule has 0 atom stereocenters. The topological polar surface area (TPSA) is 60.2 Å². The molecular formula is C11H8N4O. The van der Waals surface area contributed by atoms with Crippen molar-refractivity contribution in [2.24, 2.45) is 0 Å². The Balaban J connectivity index is 2.54. The zero-order valence-electron chi connectivity index (χ0n) is 8.58. The van der Waals surface area contributed by atoms with Gasteiger partial charge in [0.25, 0.3) is 0 Å². The van der Waals surface area contributed by atoms with Gasteiger partial charge in [-0.2, -0.15) is 5.10 Å². The zero-order chi connectivity index (χ0) is 11.1. The van der Waals surface area contributed by atoms with Gasteiger partial charge >= 0.3 is 0 Å². The second-order valence-electron chi connectivity index (χ2n) is 3.54. The maximum absolute atomic E-state index is 10.7. The third-order valence-corrected chi connectivity index (χ3v) is 2.61. The number of fused-ring (bicyclic) bond motifs is 3. The summed E-state index contributed by atoms with van der Waals surface area (Å²) in [5.74, 6) is 0. The summed E-state index contributed by atoms with van der Waals surface area (Å²) >= 11 is 0. The van der Waals surface area contributed by atoms with E-state index in [9.17, 15) is 4.79 Å². The van der Waals surface area contributed by atoms with Gasteiger partial charge in [-0.15, -0.1) is 10.2 Å². The van der Waals surface area contributed by atoms with Gasteiger partial charge in [0.05, 0.1) is 11.2 Å². The van der Waals surface area contributed by atoms with E-state index in [0.29, 0.717) is 23.3 Å². The molecule has 0 N–H and O–H groups in total. The average molecular weight is 212 g/mol. The second-order valence-corrected chi connectivity index (χ2v) is 3.54. The van der Waals surface area contributed by atoms with E-state index >= 15 is 0 Å². The molecule has 0 aliphatic heterocycles. The van der Waals surface area contributed by atoms with E-state index in [4.69, 9.17) is 0 Å². The Morgan fingerprint density at radius 3 is 2.88 bits per heavy atom. The molecule has 2 aromatic heterocycles. The molecule has 2 heterocycles. The second kappa shape index (κ2) is 3.10. The van der Waals surface area contributed by atoms with Gasteiger partial charge in [0.1, 0.15) is 5.69 Å². The van der Waals surface area contributed by atoms with Crippen LogP contribution >= 0.6 is 0 Å². The van der Waals surface area contributed by atoms with Gasteiger partial charge in [-0.25, -0.2) is 4.52 Å². The molecule has 0 fully saturated rings. The van der Waals surface area contributed by atoms with Gasteiger partial charge in [-0.1, -0.05) is 12.1 Å². The molecule has 78 valence electrons. The van der Waals surface area contributed by atoms with E-state index in [1.165, 1.54) is 0 Å². The van der Waals surface area contributed by atoms with Crippen LogP contribution in [0.1, 0.15) is 16.2 Å². The molecule has 16 heavy (non-hydrogen) atoms. The fourth-order valence-electron chi connectivity index (χ4n) is 1.74. The third-order valence-electron chi connectivity index (χ3n) is 2.61. The van der Waals surface area contributed by atoms with Crippen LogP contribution in [-0.2, 0) is 0 Å². The Morgan fingerprint density at radius 2 is 2.06 bits per heavy atom.